The molecule has 8 heteroatoms. The number of pyridine rings is 1. The molecule has 2 N–H and O–H groups in total. The van der Waals surface area contributed by atoms with Crippen molar-refractivity contribution < 1.29 is 9.59 Å². The molecule has 3 rings (SSSR count). The Labute approximate surface area is 152 Å². The van der Waals surface area contributed by atoms with Gasteiger partial charge in [-0.1, -0.05) is 0 Å². The van der Waals surface area contributed by atoms with Crippen molar-refractivity contribution in [2.24, 2.45) is 7.05 Å². The Bertz CT molecular complexity index is 784. The minimum absolute atomic E-state index is 0.185. The molecule has 2 aromatic heterocycles. The van der Waals surface area contributed by atoms with Crippen molar-refractivity contribution in [3.05, 3.63) is 30.7 Å². The van der Waals surface area contributed by atoms with E-state index in [4.69, 9.17) is 0 Å². The third kappa shape index (κ3) is 4.26. The Kier molecular flexibility index (Phi) is 5.32. The van der Waals surface area contributed by atoms with Gasteiger partial charge in [-0.15, -0.1) is 0 Å². The normalized spacial score (nSPS) is 14.9. The van der Waals surface area contributed by atoms with Crippen molar-refractivity contribution in [1.82, 2.24) is 25.0 Å². The Hall–Kier alpha value is -2.74. The summed E-state index contributed by atoms with van der Waals surface area (Å²) in [7, 11) is 3.81. The first-order valence-electron chi connectivity index (χ1n) is 8.71. The molecule has 2 heterocycles. The van der Waals surface area contributed by atoms with Gasteiger partial charge in [0.05, 0.1) is 5.69 Å². The van der Waals surface area contributed by atoms with Gasteiger partial charge in [-0.3, -0.25) is 24.2 Å². The van der Waals surface area contributed by atoms with E-state index in [9.17, 15) is 9.59 Å². The van der Waals surface area contributed by atoms with E-state index in [0.717, 1.165) is 5.56 Å². The number of amides is 2. The van der Waals surface area contributed by atoms with Crippen LogP contribution in [-0.4, -0.2) is 57.2 Å². The second-order valence-electron chi connectivity index (χ2n) is 6.71. The molecule has 2 amide bonds. The lowest BCUT2D eigenvalue weighted by molar-refractivity contribution is -0.136. The van der Waals surface area contributed by atoms with Crippen LogP contribution in [0.2, 0.25) is 0 Å². The van der Waals surface area contributed by atoms with Gasteiger partial charge in [-0.05, 0) is 38.9 Å². The molecule has 138 valence electrons. The summed E-state index contributed by atoms with van der Waals surface area (Å²) in [6.07, 6.45) is 7.38. The standard InChI is InChI=1S/C18H24N6O2/c1-12(24(3)14-4-5-14)10-20-17(25)18(26)21-15-11-23(2)22-16(15)13-6-8-19-9-7-13/h6-9,11-12,14H,4-5,10H2,1-3H3,(H,20,25)(H,21,26)/t12-/m1/s1. The number of carbonyl (C=O) groups is 2. The van der Waals surface area contributed by atoms with Gasteiger partial charge in [0.25, 0.3) is 0 Å². The van der Waals surface area contributed by atoms with Crippen LogP contribution in [0, 0.1) is 0 Å². The van der Waals surface area contributed by atoms with Crippen LogP contribution in [0.5, 0.6) is 0 Å². The molecule has 1 aliphatic carbocycles. The summed E-state index contributed by atoms with van der Waals surface area (Å²) in [5, 5.41) is 9.70. The first-order valence-corrected chi connectivity index (χ1v) is 8.71. The number of hydrogen-bond donors (Lipinski definition) is 2. The largest absolute Gasteiger partial charge is 0.346 e. The molecule has 0 bridgehead atoms. The van der Waals surface area contributed by atoms with Crippen molar-refractivity contribution in [3.8, 4) is 11.3 Å². The Morgan fingerprint density at radius 2 is 2.00 bits per heavy atom. The minimum atomic E-state index is -0.699. The van der Waals surface area contributed by atoms with Crippen molar-refractivity contribution in [2.75, 3.05) is 18.9 Å². The number of carbonyl (C=O) groups excluding carboxylic acids is 2. The number of likely N-dealkylation sites (N-methyl/N-ethyl adjacent to an activating group) is 1. The van der Waals surface area contributed by atoms with E-state index in [1.165, 1.54) is 12.8 Å². The maximum absolute atomic E-state index is 12.2. The summed E-state index contributed by atoms with van der Waals surface area (Å²) in [5.74, 6) is -1.35. The summed E-state index contributed by atoms with van der Waals surface area (Å²) in [4.78, 5) is 30.6. The fourth-order valence-electron chi connectivity index (χ4n) is 2.79. The van der Waals surface area contributed by atoms with Crippen molar-refractivity contribution in [2.45, 2.75) is 31.8 Å². The van der Waals surface area contributed by atoms with Crippen LogP contribution in [-0.2, 0) is 16.6 Å². The molecule has 0 radical (unpaired) electrons. The number of aryl methyl sites for hydroxylation is 1. The smallest absolute Gasteiger partial charge is 0.313 e. The lowest BCUT2D eigenvalue weighted by atomic mass is 10.2. The summed E-state index contributed by atoms with van der Waals surface area (Å²) in [6, 6.07) is 4.39. The van der Waals surface area contributed by atoms with Crippen molar-refractivity contribution in [3.63, 3.8) is 0 Å². The maximum Gasteiger partial charge on any atom is 0.313 e. The van der Waals surface area contributed by atoms with Gasteiger partial charge in [0.2, 0.25) is 0 Å². The topological polar surface area (TPSA) is 92.2 Å². The Balaban J connectivity index is 1.60. The highest BCUT2D eigenvalue weighted by atomic mass is 16.2. The summed E-state index contributed by atoms with van der Waals surface area (Å²) >= 11 is 0. The molecule has 1 atom stereocenters. The van der Waals surface area contributed by atoms with E-state index in [0.29, 0.717) is 24.0 Å². The quantitative estimate of drug-likeness (QED) is 0.754. The van der Waals surface area contributed by atoms with E-state index >= 15 is 0 Å². The molecule has 0 aromatic carbocycles. The van der Waals surface area contributed by atoms with Gasteiger partial charge < -0.3 is 10.6 Å². The molecule has 1 fully saturated rings. The zero-order chi connectivity index (χ0) is 18.7. The predicted octanol–water partition coefficient (Wildman–Crippen LogP) is 1.02. The van der Waals surface area contributed by atoms with E-state index < -0.39 is 11.8 Å². The predicted molar refractivity (Wildman–Crippen MR) is 98.3 cm³/mol. The number of aromatic nitrogens is 3. The monoisotopic (exact) mass is 356 g/mol. The van der Waals surface area contributed by atoms with Crippen LogP contribution in [0.1, 0.15) is 19.8 Å². The molecule has 0 saturated heterocycles. The molecule has 1 aliphatic rings. The van der Waals surface area contributed by atoms with E-state index in [1.54, 1.807) is 42.5 Å². The first-order chi connectivity index (χ1) is 12.5. The highest BCUT2D eigenvalue weighted by Gasteiger charge is 2.29. The molecule has 26 heavy (non-hydrogen) atoms. The highest BCUT2D eigenvalue weighted by molar-refractivity contribution is 6.39. The lowest BCUT2D eigenvalue weighted by Crippen LogP contribution is -2.44. The number of nitrogens with zero attached hydrogens (tertiary/aromatic N) is 4. The zero-order valence-corrected chi connectivity index (χ0v) is 15.3. The molecule has 2 aromatic rings. The van der Waals surface area contributed by atoms with E-state index in [-0.39, 0.29) is 6.04 Å². The van der Waals surface area contributed by atoms with E-state index in [2.05, 4.69) is 25.6 Å². The van der Waals surface area contributed by atoms with Crippen LogP contribution in [0.4, 0.5) is 5.69 Å². The fraction of sp³-hybridized carbons (Fsp3) is 0.444. The molecular formula is C18H24N6O2. The Morgan fingerprint density at radius 3 is 2.65 bits per heavy atom. The maximum atomic E-state index is 12.2. The number of anilines is 1. The van der Waals surface area contributed by atoms with Crippen LogP contribution >= 0.6 is 0 Å². The van der Waals surface area contributed by atoms with E-state index in [1.807, 2.05) is 14.0 Å². The number of hydrogen-bond acceptors (Lipinski definition) is 5. The Morgan fingerprint density at radius 1 is 1.31 bits per heavy atom. The minimum Gasteiger partial charge on any atom is -0.346 e. The van der Waals surface area contributed by atoms with Crippen LogP contribution < -0.4 is 10.6 Å². The van der Waals surface area contributed by atoms with Gasteiger partial charge in [0.15, 0.2) is 0 Å². The summed E-state index contributed by atoms with van der Waals surface area (Å²) < 4.78 is 1.59. The number of rotatable bonds is 6. The van der Waals surface area contributed by atoms with Crippen molar-refractivity contribution in [1.29, 1.82) is 0 Å². The molecule has 0 spiro atoms. The lowest BCUT2D eigenvalue weighted by Gasteiger charge is -2.24. The van der Waals surface area contributed by atoms with Crippen LogP contribution in [0.3, 0.4) is 0 Å². The summed E-state index contributed by atoms with van der Waals surface area (Å²) in [5.41, 5.74) is 1.90. The van der Waals surface area contributed by atoms with Gasteiger partial charge >= 0.3 is 11.8 Å². The average molecular weight is 356 g/mol. The molecule has 8 nitrogen and oxygen atoms in total. The average Bonchev–Trinajstić information content (AvgIpc) is 3.42. The third-order valence-corrected chi connectivity index (χ3v) is 4.61. The van der Waals surface area contributed by atoms with Gasteiger partial charge in [0, 0.05) is 49.8 Å². The molecule has 0 unspecified atom stereocenters. The van der Waals surface area contributed by atoms with Gasteiger partial charge in [-0.25, -0.2) is 0 Å². The van der Waals surface area contributed by atoms with Gasteiger partial charge in [0.1, 0.15) is 5.69 Å². The molecular weight excluding hydrogens is 332 g/mol. The zero-order valence-electron chi connectivity index (χ0n) is 15.3. The SMILES string of the molecule is C[C@H](CNC(=O)C(=O)Nc1cn(C)nc1-c1ccncc1)N(C)C1CC1. The fourth-order valence-corrected chi connectivity index (χ4v) is 2.79. The summed E-state index contributed by atoms with van der Waals surface area (Å²) in [6.45, 7) is 2.47. The van der Waals surface area contributed by atoms with Gasteiger partial charge in [-0.2, -0.15) is 5.10 Å². The number of nitrogens with one attached hydrogen (secondary N) is 2. The molecule has 0 aliphatic heterocycles. The van der Waals surface area contributed by atoms with Crippen LogP contribution in [0.15, 0.2) is 30.7 Å². The second kappa shape index (κ2) is 7.65. The second-order valence-corrected chi connectivity index (χ2v) is 6.71. The van der Waals surface area contributed by atoms with Crippen molar-refractivity contribution >= 4 is 17.5 Å². The molecule has 1 saturated carbocycles. The third-order valence-electron chi connectivity index (χ3n) is 4.61. The van der Waals surface area contributed by atoms with Crippen LogP contribution in [0.25, 0.3) is 11.3 Å². The highest BCUT2D eigenvalue weighted by Crippen LogP contribution is 2.27. The first kappa shape index (κ1) is 18.1.